The van der Waals surface area contributed by atoms with Crippen molar-refractivity contribution in [3.63, 3.8) is 0 Å². The number of benzene rings is 11. The zero-order valence-electron chi connectivity index (χ0n) is 39.8. The lowest BCUT2D eigenvalue weighted by molar-refractivity contribution is 0.657. The van der Waals surface area contributed by atoms with Gasteiger partial charge in [-0.25, -0.2) is 0 Å². The number of rotatable bonds is 6. The number of furan rings is 1. The van der Waals surface area contributed by atoms with E-state index in [1.165, 1.54) is 105 Å². The van der Waals surface area contributed by atoms with Crippen molar-refractivity contribution in [1.82, 2.24) is 0 Å². The van der Waals surface area contributed by atoms with E-state index in [1.54, 1.807) is 0 Å². The highest BCUT2D eigenvalue weighted by atomic mass is 16.3. The molecule has 0 fully saturated rings. The second-order valence-electron chi connectivity index (χ2n) is 20.8. The summed E-state index contributed by atoms with van der Waals surface area (Å²) in [6.45, 7) is 9.65. The normalized spacial score (nSPS) is 14.1. The summed E-state index contributed by atoms with van der Waals surface area (Å²) >= 11 is 0. The molecule has 0 bridgehead atoms. The summed E-state index contributed by atoms with van der Waals surface area (Å²) < 4.78 is 6.53. The third-order valence-electron chi connectivity index (χ3n) is 16.2. The van der Waals surface area contributed by atoms with E-state index in [1.807, 2.05) is 6.07 Å². The molecule has 0 atom stereocenters. The molecule has 0 radical (unpaired) electrons. The fourth-order valence-electron chi connectivity index (χ4n) is 12.4. The third kappa shape index (κ3) is 6.17. The fraction of sp³-hybridized carbons (Fsp3) is 0.101. The summed E-state index contributed by atoms with van der Waals surface area (Å²) in [5, 5.41) is 7.36. The standard InChI is InChI=1S/C69H50O/c1-68(2)61-38-50(48-26-20-42-12-5-7-14-46(42)36-48)28-32-55(61)57-34-30-52(40-63(57)68)66(45-24-22-44(23-25-45)54-17-11-18-60-59-16-9-10-19-65(59)70-67(54)60)53-31-35-58-56-33-29-51(39-62(56)69(3,4)64(58)41-53)49-27-21-43-13-6-8-15-47(43)37-49/h5-41,66H,1-4H3. The van der Waals surface area contributed by atoms with Crippen molar-refractivity contribution in [2.24, 2.45) is 0 Å². The Labute approximate surface area is 409 Å². The Morgan fingerprint density at radius 1 is 0.300 bits per heavy atom. The van der Waals surface area contributed by atoms with Crippen molar-refractivity contribution >= 4 is 43.5 Å². The molecule has 1 heterocycles. The largest absolute Gasteiger partial charge is 0.455 e. The van der Waals surface area contributed by atoms with Crippen LogP contribution in [0.4, 0.5) is 0 Å². The fourth-order valence-corrected chi connectivity index (χ4v) is 12.4. The van der Waals surface area contributed by atoms with Crippen LogP contribution >= 0.6 is 0 Å². The Morgan fingerprint density at radius 2 is 0.714 bits per heavy atom. The van der Waals surface area contributed by atoms with E-state index in [2.05, 4.69) is 246 Å². The van der Waals surface area contributed by atoms with Crippen LogP contribution in [0.3, 0.4) is 0 Å². The highest BCUT2D eigenvalue weighted by molar-refractivity contribution is 6.09. The first-order chi connectivity index (χ1) is 34.2. The molecule has 11 aromatic carbocycles. The molecule has 0 saturated heterocycles. The highest BCUT2D eigenvalue weighted by Gasteiger charge is 2.39. The van der Waals surface area contributed by atoms with Crippen LogP contribution in [-0.4, -0.2) is 0 Å². The minimum absolute atomic E-state index is 0.00742. The Kier molecular flexibility index (Phi) is 8.81. The summed E-state index contributed by atoms with van der Waals surface area (Å²) in [6, 6.07) is 84.0. The summed E-state index contributed by atoms with van der Waals surface area (Å²) in [7, 11) is 0. The summed E-state index contributed by atoms with van der Waals surface area (Å²) in [5.41, 5.74) is 23.4. The van der Waals surface area contributed by atoms with Gasteiger partial charge in [0.1, 0.15) is 11.2 Å². The molecule has 0 spiro atoms. The molecule has 70 heavy (non-hydrogen) atoms. The molecule has 0 saturated carbocycles. The van der Waals surface area contributed by atoms with Crippen LogP contribution in [0.5, 0.6) is 0 Å². The first kappa shape index (κ1) is 40.8. The molecule has 0 N–H and O–H groups in total. The topological polar surface area (TPSA) is 13.1 Å². The molecule has 2 aliphatic carbocycles. The molecule has 1 aromatic heterocycles. The van der Waals surface area contributed by atoms with Gasteiger partial charge in [0, 0.05) is 33.1 Å². The van der Waals surface area contributed by atoms with Gasteiger partial charge in [-0.1, -0.05) is 222 Å². The van der Waals surface area contributed by atoms with Gasteiger partial charge in [-0.3, -0.25) is 0 Å². The lowest BCUT2D eigenvalue weighted by atomic mass is 9.77. The van der Waals surface area contributed by atoms with Gasteiger partial charge >= 0.3 is 0 Å². The molecular formula is C69H50O. The Bertz CT molecular complexity index is 3930. The predicted octanol–water partition coefficient (Wildman–Crippen LogP) is 18.7. The second kappa shape index (κ2) is 15.1. The van der Waals surface area contributed by atoms with Crippen LogP contribution in [0.25, 0.3) is 99.1 Å². The van der Waals surface area contributed by atoms with Crippen LogP contribution < -0.4 is 0 Å². The smallest absolute Gasteiger partial charge is 0.143 e. The first-order valence-corrected chi connectivity index (χ1v) is 24.7. The monoisotopic (exact) mass is 894 g/mol. The number of hydrogen-bond acceptors (Lipinski definition) is 1. The van der Waals surface area contributed by atoms with Crippen molar-refractivity contribution in [1.29, 1.82) is 0 Å². The van der Waals surface area contributed by atoms with Crippen LogP contribution in [0.1, 0.15) is 72.6 Å². The Morgan fingerprint density at radius 3 is 1.27 bits per heavy atom. The third-order valence-corrected chi connectivity index (χ3v) is 16.2. The molecule has 332 valence electrons. The lowest BCUT2D eigenvalue weighted by Gasteiger charge is -2.26. The molecule has 0 aliphatic heterocycles. The van der Waals surface area contributed by atoms with Gasteiger partial charge in [0.25, 0.3) is 0 Å². The second-order valence-corrected chi connectivity index (χ2v) is 20.8. The van der Waals surface area contributed by atoms with E-state index in [9.17, 15) is 0 Å². The minimum atomic E-state index is -0.197. The quantitative estimate of drug-likeness (QED) is 0.152. The Balaban J connectivity index is 0.879. The summed E-state index contributed by atoms with van der Waals surface area (Å²) in [6.07, 6.45) is 0. The van der Waals surface area contributed by atoms with Crippen molar-refractivity contribution in [3.8, 4) is 55.6 Å². The minimum Gasteiger partial charge on any atom is -0.455 e. The average Bonchev–Trinajstić information content (AvgIpc) is 3.97. The SMILES string of the molecule is CC1(C)c2cc(-c3ccc4ccccc4c3)ccc2-c2ccc(C(c3ccc(-c4cccc5c4oc4ccccc45)cc3)c3ccc4c(c3)C(C)(C)c3cc(-c5ccc6ccccc6c5)ccc3-4)cc21. The van der Waals surface area contributed by atoms with Gasteiger partial charge in [-0.2, -0.15) is 0 Å². The van der Waals surface area contributed by atoms with Gasteiger partial charge < -0.3 is 4.42 Å². The van der Waals surface area contributed by atoms with Crippen LogP contribution in [0.15, 0.2) is 229 Å². The molecule has 0 unspecified atom stereocenters. The molecule has 1 heteroatoms. The van der Waals surface area contributed by atoms with Gasteiger partial charge in [0.05, 0.1) is 0 Å². The maximum absolute atomic E-state index is 6.53. The van der Waals surface area contributed by atoms with Crippen LogP contribution in [0, 0.1) is 0 Å². The lowest BCUT2D eigenvalue weighted by Crippen LogP contribution is -2.17. The van der Waals surface area contributed by atoms with E-state index in [4.69, 9.17) is 4.42 Å². The molecule has 0 amide bonds. The average molecular weight is 895 g/mol. The van der Waals surface area contributed by atoms with E-state index in [-0.39, 0.29) is 16.7 Å². The molecule has 1 nitrogen and oxygen atoms in total. The van der Waals surface area contributed by atoms with Gasteiger partial charge in [-0.05, 0) is 141 Å². The van der Waals surface area contributed by atoms with Crippen molar-refractivity contribution in [3.05, 3.63) is 263 Å². The van der Waals surface area contributed by atoms with E-state index < -0.39 is 0 Å². The number of fused-ring (bicyclic) bond motifs is 11. The van der Waals surface area contributed by atoms with Crippen molar-refractivity contribution in [2.75, 3.05) is 0 Å². The zero-order chi connectivity index (χ0) is 46.9. The predicted molar refractivity (Wildman–Crippen MR) is 294 cm³/mol. The molecule has 2 aliphatic rings. The van der Waals surface area contributed by atoms with Crippen LogP contribution in [-0.2, 0) is 10.8 Å². The summed E-state index contributed by atoms with van der Waals surface area (Å²) in [5.74, 6) is -0.00742. The van der Waals surface area contributed by atoms with Crippen molar-refractivity contribution < 1.29 is 4.42 Å². The van der Waals surface area contributed by atoms with E-state index in [0.29, 0.717) is 0 Å². The van der Waals surface area contributed by atoms with Crippen molar-refractivity contribution in [2.45, 2.75) is 44.4 Å². The Hall–Kier alpha value is -8.26. The van der Waals surface area contributed by atoms with Crippen LogP contribution in [0.2, 0.25) is 0 Å². The van der Waals surface area contributed by atoms with Gasteiger partial charge in [-0.15, -0.1) is 0 Å². The van der Waals surface area contributed by atoms with E-state index in [0.717, 1.165) is 33.1 Å². The molecule has 12 aromatic rings. The number of hydrogen-bond donors (Lipinski definition) is 0. The summed E-state index contributed by atoms with van der Waals surface area (Å²) in [4.78, 5) is 0. The molecular weight excluding hydrogens is 845 g/mol. The molecule has 14 rings (SSSR count). The number of para-hydroxylation sites is 2. The maximum atomic E-state index is 6.53. The van der Waals surface area contributed by atoms with Gasteiger partial charge in [0.15, 0.2) is 0 Å². The van der Waals surface area contributed by atoms with E-state index >= 15 is 0 Å². The van der Waals surface area contributed by atoms with Gasteiger partial charge in [0.2, 0.25) is 0 Å². The maximum Gasteiger partial charge on any atom is 0.143 e. The zero-order valence-corrected chi connectivity index (χ0v) is 39.8. The highest BCUT2D eigenvalue weighted by Crippen LogP contribution is 2.54. The first-order valence-electron chi connectivity index (χ1n) is 24.7.